The number of hydrogen-bond donors (Lipinski definition) is 2. The summed E-state index contributed by atoms with van der Waals surface area (Å²) in [6.45, 7) is 5.83. The lowest BCUT2D eigenvalue weighted by Crippen LogP contribution is -2.25. The maximum atomic E-state index is 11.9. The molecular weight excluding hydrogens is 546 g/mol. The number of phenols is 1. The first-order valence-corrected chi connectivity index (χ1v) is 9.65. The normalized spacial score (nSPS) is 10.9. The molecule has 0 spiro atoms. The Bertz CT molecular complexity index is 812. The van der Waals surface area contributed by atoms with Crippen LogP contribution in [0, 0.1) is 27.9 Å². The van der Waals surface area contributed by atoms with Crippen LogP contribution in [0.15, 0.2) is 29.4 Å². The van der Waals surface area contributed by atoms with Gasteiger partial charge in [-0.1, -0.05) is 12.1 Å². The molecule has 0 radical (unpaired) electrons. The van der Waals surface area contributed by atoms with Gasteiger partial charge in [0.2, 0.25) is 0 Å². The Hall–Kier alpha value is -1.36. The lowest BCUT2D eigenvalue weighted by molar-refractivity contribution is -0.123. The van der Waals surface area contributed by atoms with Gasteiger partial charge in [0, 0.05) is 0 Å². The monoisotopic (exact) mass is 564 g/mol. The first-order chi connectivity index (χ1) is 11.8. The summed E-state index contributed by atoms with van der Waals surface area (Å²) in [6, 6.07) is 7.57. The zero-order chi connectivity index (χ0) is 18.6. The molecule has 2 aromatic carbocycles. The Morgan fingerprint density at radius 2 is 1.80 bits per heavy atom. The molecule has 0 heterocycles. The molecule has 1 amide bonds. The van der Waals surface area contributed by atoms with E-state index in [9.17, 15) is 9.90 Å². The number of benzene rings is 2. The maximum absolute atomic E-state index is 11.9. The van der Waals surface area contributed by atoms with Gasteiger partial charge in [0.05, 0.1) is 13.4 Å². The van der Waals surface area contributed by atoms with Gasteiger partial charge in [0.1, 0.15) is 11.5 Å². The minimum Gasteiger partial charge on any atom is -0.506 e. The lowest BCUT2D eigenvalue weighted by atomic mass is 10.1. The highest BCUT2D eigenvalue weighted by atomic mass is 127. The van der Waals surface area contributed by atoms with Gasteiger partial charge in [-0.3, -0.25) is 4.79 Å². The van der Waals surface area contributed by atoms with E-state index < -0.39 is 0 Å². The first-order valence-electron chi connectivity index (χ1n) is 7.49. The number of hydrogen-bond acceptors (Lipinski definition) is 4. The molecule has 25 heavy (non-hydrogen) atoms. The van der Waals surface area contributed by atoms with Crippen molar-refractivity contribution in [2.24, 2.45) is 5.10 Å². The van der Waals surface area contributed by atoms with E-state index in [1.807, 2.05) is 78.1 Å². The second kappa shape index (κ2) is 8.84. The van der Waals surface area contributed by atoms with Gasteiger partial charge < -0.3 is 9.84 Å². The summed E-state index contributed by atoms with van der Waals surface area (Å²) in [7, 11) is 0. The number of aromatic hydroxyl groups is 1. The number of ether oxygens (including phenoxy) is 1. The third-order valence-corrected chi connectivity index (χ3v) is 5.31. The number of hydrazone groups is 1. The third-order valence-electron chi connectivity index (χ3n) is 3.66. The van der Waals surface area contributed by atoms with Crippen molar-refractivity contribution in [3.63, 3.8) is 0 Å². The van der Waals surface area contributed by atoms with Crippen LogP contribution < -0.4 is 10.2 Å². The number of nitrogens with zero attached hydrogens (tertiary/aromatic N) is 1. The van der Waals surface area contributed by atoms with E-state index >= 15 is 0 Å². The zero-order valence-corrected chi connectivity index (χ0v) is 18.4. The van der Waals surface area contributed by atoms with Gasteiger partial charge >= 0.3 is 0 Å². The maximum Gasteiger partial charge on any atom is 0.277 e. The van der Waals surface area contributed by atoms with Crippen molar-refractivity contribution in [2.45, 2.75) is 20.8 Å². The molecule has 0 aliphatic rings. The van der Waals surface area contributed by atoms with Crippen molar-refractivity contribution in [1.82, 2.24) is 5.43 Å². The summed E-state index contributed by atoms with van der Waals surface area (Å²) in [6.07, 6.45) is 1.53. The number of nitrogens with one attached hydrogen (secondary N) is 1. The Morgan fingerprint density at radius 3 is 2.44 bits per heavy atom. The molecule has 5 nitrogen and oxygen atoms in total. The van der Waals surface area contributed by atoms with Crippen LogP contribution in [0.2, 0.25) is 0 Å². The number of phenolic OH excluding ortho intramolecular Hbond substituents is 1. The quantitative estimate of drug-likeness (QED) is 0.327. The van der Waals surface area contributed by atoms with Gasteiger partial charge in [-0.05, 0) is 100 Å². The van der Waals surface area contributed by atoms with E-state index in [0.717, 1.165) is 35.1 Å². The molecule has 0 saturated carbocycles. The molecule has 0 aromatic heterocycles. The number of rotatable bonds is 5. The van der Waals surface area contributed by atoms with Crippen molar-refractivity contribution in [2.75, 3.05) is 6.61 Å². The summed E-state index contributed by atoms with van der Waals surface area (Å²) in [4.78, 5) is 11.9. The fourth-order valence-corrected chi connectivity index (χ4v) is 3.97. The number of halogens is 2. The predicted octanol–water partition coefficient (Wildman–Crippen LogP) is 4.06. The molecule has 0 saturated heterocycles. The standard InChI is InChI=1S/C18H18I2N2O3/c1-10-4-5-11(2)18(12(10)3)25-9-16(23)22-21-8-13-6-14(19)17(24)15(20)7-13/h4-8,24H,9H2,1-3H3,(H,22,23)/b21-8+. The molecule has 0 aliphatic heterocycles. The van der Waals surface area contributed by atoms with Gasteiger partial charge in [-0.25, -0.2) is 5.43 Å². The van der Waals surface area contributed by atoms with E-state index in [4.69, 9.17) is 4.74 Å². The van der Waals surface area contributed by atoms with Crippen molar-refractivity contribution in [3.05, 3.63) is 53.7 Å². The summed E-state index contributed by atoms with van der Waals surface area (Å²) >= 11 is 4.09. The van der Waals surface area contributed by atoms with Crippen LogP contribution in [0.5, 0.6) is 11.5 Å². The molecular formula is C18H18I2N2O3. The third kappa shape index (κ3) is 5.30. The van der Waals surface area contributed by atoms with E-state index in [-0.39, 0.29) is 18.3 Å². The molecule has 7 heteroatoms. The second-order valence-electron chi connectivity index (χ2n) is 5.57. The van der Waals surface area contributed by atoms with Crippen LogP contribution in [0.4, 0.5) is 0 Å². The van der Waals surface area contributed by atoms with Gasteiger partial charge in [-0.2, -0.15) is 5.10 Å². The molecule has 0 unspecified atom stereocenters. The van der Waals surface area contributed by atoms with E-state index in [1.54, 1.807) is 12.1 Å². The van der Waals surface area contributed by atoms with E-state index in [2.05, 4.69) is 10.5 Å². The first kappa shape index (κ1) is 20.0. The van der Waals surface area contributed by atoms with Gasteiger partial charge in [0.15, 0.2) is 6.61 Å². The summed E-state index contributed by atoms with van der Waals surface area (Å²) in [5.74, 6) is 0.654. The molecule has 2 rings (SSSR count). The topological polar surface area (TPSA) is 70.9 Å². The average molecular weight is 564 g/mol. The molecule has 0 bridgehead atoms. The van der Waals surface area contributed by atoms with Crippen LogP contribution in [0.1, 0.15) is 22.3 Å². The highest BCUT2D eigenvalue weighted by molar-refractivity contribution is 14.1. The number of carbonyl (C=O) groups excluding carboxylic acids is 1. The van der Waals surface area contributed by atoms with Gasteiger partial charge in [-0.15, -0.1) is 0 Å². The van der Waals surface area contributed by atoms with Gasteiger partial charge in [0.25, 0.3) is 5.91 Å². The molecule has 2 N–H and O–H groups in total. The Morgan fingerprint density at radius 1 is 1.20 bits per heavy atom. The average Bonchev–Trinajstić information content (AvgIpc) is 2.56. The Labute approximate surface area is 174 Å². The molecule has 2 aromatic rings. The largest absolute Gasteiger partial charge is 0.506 e. The smallest absolute Gasteiger partial charge is 0.277 e. The minimum atomic E-state index is -0.334. The second-order valence-corrected chi connectivity index (χ2v) is 7.89. The fourth-order valence-electron chi connectivity index (χ4n) is 2.16. The lowest BCUT2D eigenvalue weighted by Gasteiger charge is -2.13. The van der Waals surface area contributed by atoms with Crippen LogP contribution in [0.25, 0.3) is 0 Å². The SMILES string of the molecule is Cc1ccc(C)c(OCC(=O)N/N=C/c2cc(I)c(O)c(I)c2)c1C. The molecule has 0 aliphatic carbocycles. The van der Waals surface area contributed by atoms with Crippen molar-refractivity contribution in [1.29, 1.82) is 0 Å². The number of carbonyl (C=O) groups is 1. The number of amides is 1. The van der Waals surface area contributed by atoms with Crippen LogP contribution in [0.3, 0.4) is 0 Å². The van der Waals surface area contributed by atoms with E-state index in [1.165, 1.54) is 6.21 Å². The van der Waals surface area contributed by atoms with Crippen LogP contribution in [-0.4, -0.2) is 23.8 Å². The van der Waals surface area contributed by atoms with Crippen molar-refractivity contribution >= 4 is 57.3 Å². The molecule has 0 fully saturated rings. The zero-order valence-electron chi connectivity index (χ0n) is 14.1. The molecule has 132 valence electrons. The summed E-state index contributed by atoms with van der Waals surface area (Å²) in [5.41, 5.74) is 6.38. The summed E-state index contributed by atoms with van der Waals surface area (Å²) < 4.78 is 7.10. The Kier molecular flexibility index (Phi) is 7.05. The van der Waals surface area contributed by atoms with Crippen molar-refractivity contribution in [3.8, 4) is 11.5 Å². The Balaban J connectivity index is 1.94. The molecule has 0 atom stereocenters. The van der Waals surface area contributed by atoms with Crippen molar-refractivity contribution < 1.29 is 14.6 Å². The number of aryl methyl sites for hydroxylation is 2. The van der Waals surface area contributed by atoms with E-state index in [0.29, 0.717) is 0 Å². The highest BCUT2D eigenvalue weighted by Crippen LogP contribution is 2.27. The summed E-state index contributed by atoms with van der Waals surface area (Å²) in [5, 5.41) is 13.7. The highest BCUT2D eigenvalue weighted by Gasteiger charge is 2.09. The fraction of sp³-hybridized carbons (Fsp3) is 0.222. The predicted molar refractivity (Wildman–Crippen MR) is 115 cm³/mol. The van der Waals surface area contributed by atoms with Crippen LogP contribution in [-0.2, 0) is 4.79 Å². The minimum absolute atomic E-state index is 0.104. The van der Waals surface area contributed by atoms with Crippen LogP contribution >= 0.6 is 45.2 Å².